The first kappa shape index (κ1) is 17.8. The highest BCUT2D eigenvalue weighted by Gasteiger charge is 2.38. The van der Waals surface area contributed by atoms with Gasteiger partial charge in [-0.2, -0.15) is 0 Å². The van der Waals surface area contributed by atoms with E-state index in [0.29, 0.717) is 17.2 Å². The summed E-state index contributed by atoms with van der Waals surface area (Å²) in [6.07, 6.45) is 0.505. The lowest BCUT2D eigenvalue weighted by Crippen LogP contribution is -2.49. The minimum atomic E-state index is -0.441. The fourth-order valence-corrected chi connectivity index (χ4v) is 2.65. The van der Waals surface area contributed by atoms with Gasteiger partial charge in [0.15, 0.2) is 11.5 Å². The van der Waals surface area contributed by atoms with Gasteiger partial charge >= 0.3 is 0 Å². The molecule has 2 rings (SSSR count). The Labute approximate surface area is 140 Å². The molecule has 0 spiro atoms. The van der Waals surface area contributed by atoms with Crippen molar-refractivity contribution in [2.24, 2.45) is 5.41 Å². The first-order valence-electron chi connectivity index (χ1n) is 7.61. The molecule has 1 aliphatic heterocycles. The number of hydrogen-bond acceptors (Lipinski definition) is 5. The highest BCUT2D eigenvalue weighted by Crippen LogP contribution is 2.32. The van der Waals surface area contributed by atoms with Crippen molar-refractivity contribution in [1.29, 1.82) is 0 Å². The Balaban J connectivity index is 2.03. The van der Waals surface area contributed by atoms with Crippen LogP contribution in [-0.4, -0.2) is 43.4 Å². The van der Waals surface area contributed by atoms with Crippen molar-refractivity contribution in [1.82, 2.24) is 4.90 Å². The second-order valence-corrected chi connectivity index (χ2v) is 6.51. The van der Waals surface area contributed by atoms with Crippen molar-refractivity contribution < 1.29 is 23.9 Å². The highest BCUT2D eigenvalue weighted by molar-refractivity contribution is 6.03. The van der Waals surface area contributed by atoms with Crippen LogP contribution in [-0.2, 0) is 14.4 Å². The number of carbonyl (C=O) groups excluding carboxylic acids is 3. The second-order valence-electron chi connectivity index (χ2n) is 6.51. The van der Waals surface area contributed by atoms with Gasteiger partial charge in [-0.1, -0.05) is 13.8 Å². The zero-order valence-corrected chi connectivity index (χ0v) is 14.3. The Morgan fingerprint density at radius 3 is 2.25 bits per heavy atom. The van der Waals surface area contributed by atoms with Gasteiger partial charge in [0.05, 0.1) is 14.2 Å². The lowest BCUT2D eigenvalue weighted by atomic mass is 9.82. The molecule has 0 saturated carbocycles. The minimum Gasteiger partial charge on any atom is -0.493 e. The number of amides is 3. The Bertz CT molecular complexity index is 649. The van der Waals surface area contributed by atoms with Gasteiger partial charge in [-0.3, -0.25) is 19.3 Å². The molecular weight excluding hydrogens is 312 g/mol. The molecule has 1 aliphatic rings. The van der Waals surface area contributed by atoms with Gasteiger partial charge < -0.3 is 14.8 Å². The van der Waals surface area contributed by atoms with Crippen molar-refractivity contribution in [3.8, 4) is 11.5 Å². The topological polar surface area (TPSA) is 84.9 Å². The molecule has 3 amide bonds. The lowest BCUT2D eigenvalue weighted by molar-refractivity contribution is -0.154. The maximum Gasteiger partial charge on any atom is 0.244 e. The van der Waals surface area contributed by atoms with E-state index >= 15 is 0 Å². The third-order valence-corrected chi connectivity index (χ3v) is 3.83. The maximum absolute atomic E-state index is 12.2. The van der Waals surface area contributed by atoms with Gasteiger partial charge in [0.25, 0.3) is 0 Å². The number of anilines is 1. The molecule has 1 saturated heterocycles. The van der Waals surface area contributed by atoms with Crippen LogP contribution >= 0.6 is 0 Å². The van der Waals surface area contributed by atoms with Gasteiger partial charge in [0.1, 0.15) is 6.54 Å². The SMILES string of the molecule is COc1ccc(NC(=O)CN2C(=O)CC(C)(C)CC2=O)cc1OC. The smallest absolute Gasteiger partial charge is 0.244 e. The number of hydrogen-bond donors (Lipinski definition) is 1. The molecule has 0 bridgehead atoms. The standard InChI is InChI=1S/C17H22N2O5/c1-17(2)8-15(21)19(16(22)9-17)10-14(20)18-11-5-6-12(23-3)13(7-11)24-4/h5-7H,8-10H2,1-4H3,(H,18,20). The highest BCUT2D eigenvalue weighted by atomic mass is 16.5. The fourth-order valence-electron chi connectivity index (χ4n) is 2.65. The Morgan fingerprint density at radius 2 is 1.71 bits per heavy atom. The number of nitrogens with zero attached hydrogens (tertiary/aromatic N) is 1. The molecule has 1 aromatic rings. The number of piperidine rings is 1. The summed E-state index contributed by atoms with van der Waals surface area (Å²) in [5.74, 6) is -0.0673. The molecule has 7 nitrogen and oxygen atoms in total. The number of likely N-dealkylation sites (tertiary alicyclic amines) is 1. The first-order chi connectivity index (χ1) is 11.3. The Hall–Kier alpha value is -2.57. The van der Waals surface area contributed by atoms with E-state index in [9.17, 15) is 14.4 Å². The molecule has 1 aromatic carbocycles. The van der Waals surface area contributed by atoms with E-state index in [2.05, 4.69) is 5.32 Å². The normalized spacial score (nSPS) is 16.8. The molecule has 0 radical (unpaired) electrons. The van der Waals surface area contributed by atoms with Gasteiger partial charge in [0.2, 0.25) is 17.7 Å². The second kappa shape index (κ2) is 6.90. The largest absolute Gasteiger partial charge is 0.493 e. The lowest BCUT2D eigenvalue weighted by Gasteiger charge is -2.34. The number of rotatable bonds is 5. The van der Waals surface area contributed by atoms with Crippen molar-refractivity contribution in [2.75, 3.05) is 26.1 Å². The minimum absolute atomic E-state index is 0.252. The fraction of sp³-hybridized carbons (Fsp3) is 0.471. The molecule has 1 N–H and O–H groups in total. The van der Waals surface area contributed by atoms with E-state index in [4.69, 9.17) is 9.47 Å². The molecule has 0 atom stereocenters. The van der Waals surface area contributed by atoms with Crippen LogP contribution in [0.5, 0.6) is 11.5 Å². The summed E-state index contributed by atoms with van der Waals surface area (Å²) < 4.78 is 10.3. The molecule has 0 aromatic heterocycles. The van der Waals surface area contributed by atoms with E-state index in [0.717, 1.165) is 4.90 Å². The third-order valence-electron chi connectivity index (χ3n) is 3.83. The predicted octanol–water partition coefficient (Wildman–Crippen LogP) is 1.82. The summed E-state index contributed by atoms with van der Waals surface area (Å²) in [7, 11) is 3.02. The van der Waals surface area contributed by atoms with Crippen molar-refractivity contribution in [3.63, 3.8) is 0 Å². The summed E-state index contributed by atoms with van der Waals surface area (Å²) in [5.41, 5.74) is 0.139. The van der Waals surface area contributed by atoms with Crippen LogP contribution in [0.2, 0.25) is 0 Å². The zero-order chi connectivity index (χ0) is 17.9. The van der Waals surface area contributed by atoms with Crippen LogP contribution in [0.15, 0.2) is 18.2 Å². The molecule has 1 heterocycles. The monoisotopic (exact) mass is 334 g/mol. The maximum atomic E-state index is 12.2. The van der Waals surface area contributed by atoms with E-state index in [1.54, 1.807) is 18.2 Å². The number of benzene rings is 1. The number of ether oxygens (including phenoxy) is 2. The molecule has 130 valence electrons. The van der Waals surface area contributed by atoms with Gasteiger partial charge in [-0.05, 0) is 17.5 Å². The first-order valence-corrected chi connectivity index (χ1v) is 7.61. The van der Waals surface area contributed by atoms with Crippen molar-refractivity contribution >= 4 is 23.4 Å². The van der Waals surface area contributed by atoms with Crippen molar-refractivity contribution in [2.45, 2.75) is 26.7 Å². The van der Waals surface area contributed by atoms with Crippen LogP contribution < -0.4 is 14.8 Å². The Morgan fingerprint density at radius 1 is 1.12 bits per heavy atom. The predicted molar refractivity (Wildman–Crippen MR) is 87.9 cm³/mol. The van der Waals surface area contributed by atoms with Crippen LogP contribution in [0.25, 0.3) is 0 Å². The van der Waals surface area contributed by atoms with Gasteiger partial charge in [-0.25, -0.2) is 0 Å². The number of methoxy groups -OCH3 is 2. The average molecular weight is 334 g/mol. The third kappa shape index (κ3) is 4.04. The van der Waals surface area contributed by atoms with Crippen molar-refractivity contribution in [3.05, 3.63) is 18.2 Å². The van der Waals surface area contributed by atoms with Crippen LogP contribution in [0.4, 0.5) is 5.69 Å². The van der Waals surface area contributed by atoms with Gasteiger partial charge in [-0.15, -0.1) is 0 Å². The van der Waals surface area contributed by atoms with E-state index in [1.165, 1.54) is 14.2 Å². The Kier molecular flexibility index (Phi) is 5.11. The van der Waals surface area contributed by atoms with Gasteiger partial charge in [0, 0.05) is 24.6 Å². The quantitative estimate of drug-likeness (QED) is 0.830. The van der Waals surface area contributed by atoms with Crippen LogP contribution in [0, 0.1) is 5.41 Å². The summed E-state index contributed by atoms with van der Waals surface area (Å²) in [5, 5.41) is 2.66. The summed E-state index contributed by atoms with van der Waals surface area (Å²) in [6.45, 7) is 3.44. The molecule has 24 heavy (non-hydrogen) atoms. The number of imide groups is 1. The van der Waals surface area contributed by atoms with E-state index in [-0.39, 0.29) is 36.6 Å². The molecule has 1 fully saturated rings. The molecular formula is C17H22N2O5. The average Bonchev–Trinajstić information content (AvgIpc) is 2.50. The zero-order valence-electron chi connectivity index (χ0n) is 14.3. The summed E-state index contributed by atoms with van der Waals surface area (Å²) in [4.78, 5) is 37.3. The molecule has 0 unspecified atom stereocenters. The summed E-state index contributed by atoms with van der Waals surface area (Å²) in [6, 6.07) is 4.93. The van der Waals surface area contributed by atoms with Crippen LogP contribution in [0.3, 0.4) is 0 Å². The molecule has 0 aliphatic carbocycles. The summed E-state index contributed by atoms with van der Waals surface area (Å²) >= 11 is 0. The van der Waals surface area contributed by atoms with E-state index < -0.39 is 5.91 Å². The number of carbonyl (C=O) groups is 3. The van der Waals surface area contributed by atoms with E-state index in [1.807, 2.05) is 13.8 Å². The van der Waals surface area contributed by atoms with Crippen LogP contribution in [0.1, 0.15) is 26.7 Å². The molecule has 7 heteroatoms. The number of nitrogens with one attached hydrogen (secondary N) is 1.